The Morgan fingerprint density at radius 3 is 2.73 bits per heavy atom. The minimum Gasteiger partial charge on any atom is -0.487 e. The molecule has 1 heterocycles. The van der Waals surface area contributed by atoms with Crippen LogP contribution < -0.4 is 9.04 Å². The largest absolute Gasteiger partial charge is 0.487 e. The summed E-state index contributed by atoms with van der Waals surface area (Å²) in [4.78, 5) is 0. The van der Waals surface area contributed by atoms with E-state index in [2.05, 4.69) is 0 Å². The molecule has 0 aromatic heterocycles. The number of fused-ring (bicyclic) bond motifs is 1. The molecule has 0 radical (unpaired) electrons. The fraction of sp³-hybridized carbons (Fsp3) is 0.400. The molecule has 15 heavy (non-hydrogen) atoms. The second kappa shape index (κ2) is 3.41. The Morgan fingerprint density at radius 1 is 1.40 bits per heavy atom. The number of para-hydroxylation sites is 2. The first-order valence-electron chi connectivity index (χ1n) is 4.72. The molecule has 0 saturated heterocycles. The molecule has 4 nitrogen and oxygen atoms in total. The molecule has 1 aliphatic heterocycles. The van der Waals surface area contributed by atoms with Crippen LogP contribution in [-0.2, 0) is 10.0 Å². The third-order valence-electron chi connectivity index (χ3n) is 2.29. The fourth-order valence-corrected chi connectivity index (χ4v) is 2.65. The number of rotatable bonds is 1. The SMILES string of the molecule is C[C@@H]1CN(S(C)(=O)=O)c2ccccc2O1. The number of sulfonamides is 1. The lowest BCUT2D eigenvalue weighted by Gasteiger charge is -2.32. The zero-order valence-corrected chi connectivity index (χ0v) is 9.49. The first-order valence-corrected chi connectivity index (χ1v) is 6.57. The van der Waals surface area contributed by atoms with Crippen molar-refractivity contribution in [2.75, 3.05) is 17.1 Å². The molecule has 0 unspecified atom stereocenters. The standard InChI is InChI=1S/C10H13NO3S/c1-8-7-11(15(2,12)13)9-5-3-4-6-10(9)14-8/h3-6,8H,7H2,1-2H3/t8-/m1/s1. The highest BCUT2D eigenvalue weighted by atomic mass is 32.2. The highest BCUT2D eigenvalue weighted by molar-refractivity contribution is 7.92. The monoisotopic (exact) mass is 227 g/mol. The van der Waals surface area contributed by atoms with E-state index in [0.29, 0.717) is 18.0 Å². The number of ether oxygens (including phenoxy) is 1. The lowest BCUT2D eigenvalue weighted by molar-refractivity contribution is 0.219. The summed E-state index contributed by atoms with van der Waals surface area (Å²) in [7, 11) is -3.22. The third kappa shape index (κ3) is 1.92. The van der Waals surface area contributed by atoms with Gasteiger partial charge in [-0.15, -0.1) is 0 Å². The summed E-state index contributed by atoms with van der Waals surface area (Å²) in [6, 6.07) is 7.17. The highest BCUT2D eigenvalue weighted by Crippen LogP contribution is 2.34. The van der Waals surface area contributed by atoms with Crippen LogP contribution in [-0.4, -0.2) is 27.3 Å². The van der Waals surface area contributed by atoms with Gasteiger partial charge in [0.25, 0.3) is 0 Å². The average molecular weight is 227 g/mol. The summed E-state index contributed by atoms with van der Waals surface area (Å²) in [5.41, 5.74) is 0.623. The minimum absolute atomic E-state index is 0.116. The van der Waals surface area contributed by atoms with Gasteiger partial charge in [-0.25, -0.2) is 8.42 Å². The van der Waals surface area contributed by atoms with Gasteiger partial charge in [-0.3, -0.25) is 4.31 Å². The maximum absolute atomic E-state index is 11.6. The maximum atomic E-state index is 11.6. The quantitative estimate of drug-likeness (QED) is 0.725. The van der Waals surface area contributed by atoms with Crippen LogP contribution in [0.5, 0.6) is 5.75 Å². The summed E-state index contributed by atoms with van der Waals surface area (Å²) in [6.45, 7) is 2.23. The van der Waals surface area contributed by atoms with Crippen molar-refractivity contribution in [2.45, 2.75) is 13.0 Å². The molecule has 1 aromatic carbocycles. The van der Waals surface area contributed by atoms with Gasteiger partial charge < -0.3 is 4.74 Å². The Morgan fingerprint density at radius 2 is 2.07 bits per heavy atom. The molecule has 5 heteroatoms. The number of hydrogen-bond acceptors (Lipinski definition) is 3. The second-order valence-corrected chi connectivity index (χ2v) is 5.60. The highest BCUT2D eigenvalue weighted by Gasteiger charge is 2.28. The van der Waals surface area contributed by atoms with Crippen LogP contribution in [0.2, 0.25) is 0 Å². The number of nitrogens with zero attached hydrogens (tertiary/aromatic N) is 1. The molecule has 0 fully saturated rings. The van der Waals surface area contributed by atoms with Crippen LogP contribution in [0.1, 0.15) is 6.92 Å². The average Bonchev–Trinajstić information content (AvgIpc) is 2.15. The molecule has 0 spiro atoms. The van der Waals surface area contributed by atoms with Gasteiger partial charge in [0.2, 0.25) is 10.0 Å². The maximum Gasteiger partial charge on any atom is 0.232 e. The van der Waals surface area contributed by atoms with E-state index in [-0.39, 0.29) is 6.10 Å². The van der Waals surface area contributed by atoms with Gasteiger partial charge >= 0.3 is 0 Å². The van der Waals surface area contributed by atoms with E-state index in [4.69, 9.17) is 4.74 Å². The van der Waals surface area contributed by atoms with Crippen molar-refractivity contribution in [3.8, 4) is 5.75 Å². The Balaban J connectivity index is 2.52. The van der Waals surface area contributed by atoms with Gasteiger partial charge in [0.15, 0.2) is 0 Å². The van der Waals surface area contributed by atoms with Gasteiger partial charge in [0.1, 0.15) is 11.9 Å². The first kappa shape index (κ1) is 10.3. The first-order chi connectivity index (χ1) is 6.98. The number of anilines is 1. The van der Waals surface area contributed by atoms with E-state index in [1.165, 1.54) is 10.6 Å². The Bertz CT molecular complexity index is 469. The van der Waals surface area contributed by atoms with Gasteiger partial charge in [0, 0.05) is 0 Å². The van der Waals surface area contributed by atoms with Crippen LogP contribution in [0, 0.1) is 0 Å². The van der Waals surface area contributed by atoms with Crippen LogP contribution >= 0.6 is 0 Å². The van der Waals surface area contributed by atoms with E-state index in [9.17, 15) is 8.42 Å². The topological polar surface area (TPSA) is 46.6 Å². The molecule has 0 N–H and O–H groups in total. The number of benzene rings is 1. The Labute approximate surface area is 89.5 Å². The Kier molecular flexibility index (Phi) is 2.34. The van der Waals surface area contributed by atoms with Crippen molar-refractivity contribution in [1.29, 1.82) is 0 Å². The van der Waals surface area contributed by atoms with Crippen LogP contribution in [0.25, 0.3) is 0 Å². The zero-order valence-electron chi connectivity index (χ0n) is 8.67. The van der Waals surface area contributed by atoms with E-state index in [1.54, 1.807) is 18.2 Å². The van der Waals surface area contributed by atoms with Crippen molar-refractivity contribution in [3.05, 3.63) is 24.3 Å². The normalized spacial score (nSPS) is 20.7. The zero-order chi connectivity index (χ0) is 11.1. The predicted octanol–water partition coefficient (Wildman–Crippen LogP) is 1.23. The van der Waals surface area contributed by atoms with Crippen molar-refractivity contribution in [1.82, 2.24) is 0 Å². The molecule has 0 amide bonds. The molecular formula is C10H13NO3S. The Hall–Kier alpha value is -1.23. The predicted molar refractivity (Wildman–Crippen MR) is 58.7 cm³/mol. The summed E-state index contributed by atoms with van der Waals surface area (Å²) in [6.07, 6.45) is 1.09. The van der Waals surface area contributed by atoms with E-state index in [1.807, 2.05) is 13.0 Å². The smallest absolute Gasteiger partial charge is 0.232 e. The van der Waals surface area contributed by atoms with Crippen molar-refractivity contribution >= 4 is 15.7 Å². The van der Waals surface area contributed by atoms with Crippen molar-refractivity contribution in [3.63, 3.8) is 0 Å². The van der Waals surface area contributed by atoms with E-state index >= 15 is 0 Å². The van der Waals surface area contributed by atoms with Crippen LogP contribution in [0.4, 0.5) is 5.69 Å². The summed E-state index contributed by atoms with van der Waals surface area (Å²) >= 11 is 0. The second-order valence-electron chi connectivity index (χ2n) is 3.69. The molecular weight excluding hydrogens is 214 g/mol. The fourth-order valence-electron chi connectivity index (χ4n) is 1.66. The van der Waals surface area contributed by atoms with E-state index in [0.717, 1.165) is 0 Å². The lowest BCUT2D eigenvalue weighted by atomic mass is 10.2. The molecule has 1 atom stereocenters. The van der Waals surface area contributed by atoms with Gasteiger partial charge in [0.05, 0.1) is 18.5 Å². The van der Waals surface area contributed by atoms with Crippen molar-refractivity contribution in [2.24, 2.45) is 0 Å². The van der Waals surface area contributed by atoms with Gasteiger partial charge in [-0.2, -0.15) is 0 Å². The van der Waals surface area contributed by atoms with Crippen LogP contribution in [0.15, 0.2) is 24.3 Å². The van der Waals surface area contributed by atoms with Gasteiger partial charge in [-0.05, 0) is 19.1 Å². The summed E-state index contributed by atoms with van der Waals surface area (Å²) in [5.74, 6) is 0.627. The summed E-state index contributed by atoms with van der Waals surface area (Å²) in [5, 5.41) is 0. The molecule has 1 aliphatic rings. The molecule has 1 aromatic rings. The molecule has 0 saturated carbocycles. The molecule has 82 valence electrons. The molecule has 0 aliphatic carbocycles. The van der Waals surface area contributed by atoms with Crippen LogP contribution in [0.3, 0.4) is 0 Å². The summed E-state index contributed by atoms with van der Waals surface area (Å²) < 4.78 is 30.1. The third-order valence-corrected chi connectivity index (χ3v) is 3.43. The van der Waals surface area contributed by atoms with Crippen molar-refractivity contribution < 1.29 is 13.2 Å². The van der Waals surface area contributed by atoms with E-state index < -0.39 is 10.0 Å². The lowest BCUT2D eigenvalue weighted by Crippen LogP contribution is -2.41. The minimum atomic E-state index is -3.22. The molecule has 2 rings (SSSR count). The molecule has 0 bridgehead atoms. The number of hydrogen-bond donors (Lipinski definition) is 0. The van der Waals surface area contributed by atoms with Gasteiger partial charge in [-0.1, -0.05) is 12.1 Å².